The van der Waals surface area contributed by atoms with E-state index in [9.17, 15) is 13.2 Å². The highest BCUT2D eigenvalue weighted by molar-refractivity contribution is 6.39. The SMILES string of the molecule is Cc1cc(-c2c(Cl)cnc(C(F)(F)F)c2Cl)cc2cc[nH]c12. The maximum absolute atomic E-state index is 13.0. The second-order valence-corrected chi connectivity index (χ2v) is 5.66. The minimum Gasteiger partial charge on any atom is -0.361 e. The number of hydrogen-bond acceptors (Lipinski definition) is 1. The van der Waals surface area contributed by atoms with Crippen molar-refractivity contribution < 1.29 is 13.2 Å². The van der Waals surface area contributed by atoms with Crippen molar-refractivity contribution in [3.63, 3.8) is 0 Å². The summed E-state index contributed by atoms with van der Waals surface area (Å²) in [5.74, 6) is 0. The number of hydrogen-bond donors (Lipinski definition) is 1. The zero-order valence-electron chi connectivity index (χ0n) is 11.2. The molecule has 2 nitrogen and oxygen atoms in total. The molecule has 0 fully saturated rings. The fourth-order valence-corrected chi connectivity index (χ4v) is 3.10. The lowest BCUT2D eigenvalue weighted by Gasteiger charge is -2.14. The lowest BCUT2D eigenvalue weighted by atomic mass is 10.0. The lowest BCUT2D eigenvalue weighted by molar-refractivity contribution is -0.141. The third kappa shape index (κ3) is 2.44. The fourth-order valence-electron chi connectivity index (χ4n) is 2.43. The molecule has 0 saturated carbocycles. The van der Waals surface area contributed by atoms with Crippen molar-refractivity contribution in [2.45, 2.75) is 13.1 Å². The predicted octanol–water partition coefficient (Wildman–Crippen LogP) is 5.86. The molecule has 114 valence electrons. The van der Waals surface area contributed by atoms with Gasteiger partial charge >= 0.3 is 6.18 Å². The number of halogens is 5. The molecule has 0 amide bonds. The monoisotopic (exact) mass is 344 g/mol. The van der Waals surface area contributed by atoms with Gasteiger partial charge in [-0.05, 0) is 36.2 Å². The molecule has 1 aromatic carbocycles. The number of H-pyrrole nitrogens is 1. The molecule has 0 aliphatic carbocycles. The van der Waals surface area contributed by atoms with Gasteiger partial charge in [-0.1, -0.05) is 23.2 Å². The Morgan fingerprint density at radius 3 is 2.59 bits per heavy atom. The Hall–Kier alpha value is -1.72. The predicted molar refractivity (Wildman–Crippen MR) is 81.3 cm³/mol. The summed E-state index contributed by atoms with van der Waals surface area (Å²) in [6.45, 7) is 1.86. The van der Waals surface area contributed by atoms with Crippen LogP contribution in [0.1, 0.15) is 11.3 Å². The van der Waals surface area contributed by atoms with Crippen LogP contribution in [0.25, 0.3) is 22.0 Å². The first kappa shape index (κ1) is 15.2. The normalized spacial score (nSPS) is 12.1. The van der Waals surface area contributed by atoms with Crippen LogP contribution in [-0.4, -0.2) is 9.97 Å². The number of nitrogens with zero attached hydrogens (tertiary/aromatic N) is 1. The maximum Gasteiger partial charge on any atom is 0.434 e. The second-order valence-electron chi connectivity index (χ2n) is 4.88. The van der Waals surface area contributed by atoms with E-state index in [4.69, 9.17) is 23.2 Å². The van der Waals surface area contributed by atoms with E-state index in [1.807, 2.05) is 13.0 Å². The van der Waals surface area contributed by atoms with Crippen molar-refractivity contribution in [3.05, 3.63) is 51.9 Å². The highest BCUT2D eigenvalue weighted by Crippen LogP contribution is 2.42. The smallest absolute Gasteiger partial charge is 0.361 e. The number of pyridine rings is 1. The highest BCUT2D eigenvalue weighted by atomic mass is 35.5. The topological polar surface area (TPSA) is 28.7 Å². The molecule has 2 aromatic heterocycles. The second kappa shape index (κ2) is 5.18. The average Bonchev–Trinajstić information content (AvgIpc) is 2.86. The van der Waals surface area contributed by atoms with Crippen LogP contribution in [0.2, 0.25) is 10.0 Å². The van der Waals surface area contributed by atoms with Gasteiger partial charge in [0.2, 0.25) is 0 Å². The molecule has 3 aromatic rings. The molecule has 0 bridgehead atoms. The van der Waals surface area contributed by atoms with Crippen LogP contribution in [0.3, 0.4) is 0 Å². The number of fused-ring (bicyclic) bond motifs is 1. The van der Waals surface area contributed by atoms with Crippen molar-refractivity contribution in [2.75, 3.05) is 0 Å². The van der Waals surface area contributed by atoms with E-state index < -0.39 is 16.9 Å². The number of aromatic nitrogens is 2. The van der Waals surface area contributed by atoms with Crippen molar-refractivity contribution in [1.82, 2.24) is 9.97 Å². The first-order valence-electron chi connectivity index (χ1n) is 6.28. The van der Waals surface area contributed by atoms with Gasteiger partial charge in [0.15, 0.2) is 5.69 Å². The summed E-state index contributed by atoms with van der Waals surface area (Å²) in [5.41, 5.74) is 1.32. The van der Waals surface area contributed by atoms with Gasteiger partial charge in [0.25, 0.3) is 0 Å². The first-order chi connectivity index (χ1) is 10.3. The van der Waals surface area contributed by atoms with Crippen LogP contribution in [0.5, 0.6) is 0 Å². The Morgan fingerprint density at radius 2 is 1.91 bits per heavy atom. The van der Waals surface area contributed by atoms with E-state index >= 15 is 0 Å². The van der Waals surface area contributed by atoms with Crippen molar-refractivity contribution in [1.29, 1.82) is 0 Å². The third-order valence-electron chi connectivity index (χ3n) is 3.39. The summed E-state index contributed by atoms with van der Waals surface area (Å²) >= 11 is 12.0. The fraction of sp³-hybridized carbons (Fsp3) is 0.133. The maximum atomic E-state index is 13.0. The van der Waals surface area contributed by atoms with Gasteiger partial charge in [-0.3, -0.25) is 0 Å². The largest absolute Gasteiger partial charge is 0.434 e. The van der Waals surface area contributed by atoms with Crippen LogP contribution in [0, 0.1) is 6.92 Å². The standard InChI is InChI=1S/C15H9Cl2F3N2/c1-7-4-9(5-8-2-3-21-13(7)8)11-10(16)6-22-14(12(11)17)15(18,19)20/h2-6,21H,1H3. The van der Waals surface area contributed by atoms with E-state index in [2.05, 4.69) is 9.97 Å². The summed E-state index contributed by atoms with van der Waals surface area (Å²) in [6, 6.07) is 5.32. The number of aryl methyl sites for hydroxylation is 1. The van der Waals surface area contributed by atoms with Crippen molar-refractivity contribution >= 4 is 34.1 Å². The van der Waals surface area contributed by atoms with E-state index in [0.29, 0.717) is 5.56 Å². The third-order valence-corrected chi connectivity index (χ3v) is 4.04. The molecule has 0 atom stereocenters. The molecule has 0 unspecified atom stereocenters. The van der Waals surface area contributed by atoms with Crippen LogP contribution in [0.4, 0.5) is 13.2 Å². The number of alkyl halides is 3. The summed E-state index contributed by atoms with van der Waals surface area (Å²) in [5, 5.41) is 0.453. The molecule has 2 heterocycles. The summed E-state index contributed by atoms with van der Waals surface area (Å²) in [4.78, 5) is 6.39. The molecule has 0 saturated heterocycles. The van der Waals surface area contributed by atoms with Crippen LogP contribution in [-0.2, 0) is 6.18 Å². The van der Waals surface area contributed by atoms with Gasteiger partial charge in [-0.25, -0.2) is 4.98 Å². The Labute approximate surface area is 133 Å². The van der Waals surface area contributed by atoms with Gasteiger partial charge in [0.05, 0.1) is 10.0 Å². The minimum absolute atomic E-state index is 0.0762. The van der Waals surface area contributed by atoms with Crippen molar-refractivity contribution in [3.8, 4) is 11.1 Å². The average molecular weight is 345 g/mol. The lowest BCUT2D eigenvalue weighted by Crippen LogP contribution is -2.09. The zero-order chi connectivity index (χ0) is 16.1. The Kier molecular flexibility index (Phi) is 3.57. The van der Waals surface area contributed by atoms with Crippen LogP contribution < -0.4 is 0 Å². The minimum atomic E-state index is -4.64. The van der Waals surface area contributed by atoms with E-state index in [0.717, 1.165) is 22.7 Å². The van der Waals surface area contributed by atoms with Gasteiger partial charge in [-0.2, -0.15) is 13.2 Å². The Balaban J connectivity index is 2.30. The van der Waals surface area contributed by atoms with E-state index in [-0.39, 0.29) is 10.6 Å². The number of rotatable bonds is 1. The molecular weight excluding hydrogens is 336 g/mol. The Morgan fingerprint density at radius 1 is 1.18 bits per heavy atom. The Bertz CT molecular complexity index is 869. The molecule has 3 rings (SSSR count). The molecule has 0 radical (unpaired) electrons. The van der Waals surface area contributed by atoms with Crippen LogP contribution in [0.15, 0.2) is 30.6 Å². The zero-order valence-corrected chi connectivity index (χ0v) is 12.7. The molecule has 0 aliphatic rings. The van der Waals surface area contributed by atoms with Crippen LogP contribution >= 0.6 is 23.2 Å². The van der Waals surface area contributed by atoms with E-state index in [1.165, 1.54) is 0 Å². The summed E-state index contributed by atoms with van der Waals surface area (Å²) in [7, 11) is 0. The van der Waals surface area contributed by atoms with Gasteiger partial charge < -0.3 is 4.98 Å². The van der Waals surface area contributed by atoms with Gasteiger partial charge in [0.1, 0.15) is 0 Å². The molecule has 0 spiro atoms. The van der Waals surface area contributed by atoms with Gasteiger partial charge in [-0.15, -0.1) is 0 Å². The number of nitrogens with one attached hydrogen (secondary N) is 1. The van der Waals surface area contributed by atoms with Gasteiger partial charge in [0, 0.05) is 28.9 Å². The summed E-state index contributed by atoms with van der Waals surface area (Å²) < 4.78 is 38.9. The molecular formula is C15H9Cl2F3N2. The van der Waals surface area contributed by atoms with E-state index in [1.54, 1.807) is 18.3 Å². The number of benzene rings is 1. The highest BCUT2D eigenvalue weighted by Gasteiger charge is 2.36. The molecule has 7 heteroatoms. The van der Waals surface area contributed by atoms with Crippen molar-refractivity contribution in [2.24, 2.45) is 0 Å². The first-order valence-corrected chi connectivity index (χ1v) is 7.04. The molecule has 0 aliphatic heterocycles. The molecule has 1 N–H and O–H groups in total. The molecule has 22 heavy (non-hydrogen) atoms. The quantitative estimate of drug-likeness (QED) is 0.588. The summed E-state index contributed by atoms with van der Waals surface area (Å²) in [6.07, 6.45) is -1.90. The number of aromatic amines is 1.